The molecule has 0 aromatic heterocycles. The predicted octanol–water partition coefficient (Wildman–Crippen LogP) is 1.30. The monoisotopic (exact) mass is 247 g/mol. The number of nitrogens with one attached hydrogen (secondary N) is 1. The van der Waals surface area contributed by atoms with E-state index < -0.39 is 6.09 Å². The first-order chi connectivity index (χ1) is 8.52. The van der Waals surface area contributed by atoms with E-state index in [1.165, 1.54) is 0 Å². The van der Waals surface area contributed by atoms with Crippen molar-refractivity contribution in [2.75, 3.05) is 20.6 Å². The summed E-state index contributed by atoms with van der Waals surface area (Å²) in [6.45, 7) is 0.377. The second kappa shape index (κ2) is 6.62. The maximum atomic E-state index is 10.5. The van der Waals surface area contributed by atoms with Gasteiger partial charge in [0.1, 0.15) is 0 Å². The molecule has 96 valence electrons. The summed E-state index contributed by atoms with van der Waals surface area (Å²) >= 11 is 0. The molecule has 5 heteroatoms. The number of hydrogen-bond donors (Lipinski definition) is 2. The number of hydrogen-bond acceptors (Lipinski definition) is 3. The van der Waals surface area contributed by atoms with Gasteiger partial charge in [0.2, 0.25) is 0 Å². The summed E-state index contributed by atoms with van der Waals surface area (Å²) in [6.07, 6.45) is -0.277. The van der Waals surface area contributed by atoms with Crippen molar-refractivity contribution in [2.45, 2.75) is 12.5 Å². The van der Waals surface area contributed by atoms with Gasteiger partial charge in [0.25, 0.3) is 0 Å². The molecule has 1 amide bonds. The van der Waals surface area contributed by atoms with Crippen molar-refractivity contribution in [1.82, 2.24) is 10.2 Å². The normalized spacial score (nSPS) is 11.9. The molecule has 1 atom stereocenters. The highest BCUT2D eigenvalue weighted by atomic mass is 16.4. The molecule has 18 heavy (non-hydrogen) atoms. The van der Waals surface area contributed by atoms with Gasteiger partial charge in [-0.25, -0.2) is 4.79 Å². The van der Waals surface area contributed by atoms with Gasteiger partial charge in [0.15, 0.2) is 0 Å². The summed E-state index contributed by atoms with van der Waals surface area (Å²) < 4.78 is 0. The molecule has 0 aliphatic carbocycles. The van der Waals surface area contributed by atoms with Gasteiger partial charge >= 0.3 is 6.09 Å². The van der Waals surface area contributed by atoms with Gasteiger partial charge in [-0.1, -0.05) is 12.1 Å². The Labute approximate surface area is 107 Å². The summed E-state index contributed by atoms with van der Waals surface area (Å²) in [6, 6.07) is 9.50. The zero-order chi connectivity index (χ0) is 13.5. The van der Waals surface area contributed by atoms with Crippen LogP contribution in [0.3, 0.4) is 0 Å². The fraction of sp³-hybridized carbons (Fsp3) is 0.385. The minimum Gasteiger partial charge on any atom is -0.465 e. The predicted molar refractivity (Wildman–Crippen MR) is 68.4 cm³/mol. The van der Waals surface area contributed by atoms with Crippen molar-refractivity contribution in [2.24, 2.45) is 0 Å². The van der Waals surface area contributed by atoms with Crippen LogP contribution in [-0.4, -0.2) is 42.8 Å². The Bertz CT molecular complexity index is 435. The van der Waals surface area contributed by atoms with Gasteiger partial charge in [-0.2, -0.15) is 5.26 Å². The van der Waals surface area contributed by atoms with Crippen LogP contribution in [0.1, 0.15) is 11.1 Å². The quantitative estimate of drug-likeness (QED) is 0.822. The molecule has 0 spiro atoms. The van der Waals surface area contributed by atoms with Crippen LogP contribution in [0.15, 0.2) is 24.3 Å². The Morgan fingerprint density at radius 2 is 2.06 bits per heavy atom. The minimum absolute atomic E-state index is 0.0917. The van der Waals surface area contributed by atoms with Crippen molar-refractivity contribution in [3.63, 3.8) is 0 Å². The van der Waals surface area contributed by atoms with E-state index in [1.54, 1.807) is 12.1 Å². The molecule has 2 N–H and O–H groups in total. The number of amides is 1. The topological polar surface area (TPSA) is 76.4 Å². The molecular weight excluding hydrogens is 230 g/mol. The van der Waals surface area contributed by atoms with E-state index in [0.717, 1.165) is 12.0 Å². The van der Waals surface area contributed by atoms with Crippen LogP contribution < -0.4 is 5.32 Å². The lowest BCUT2D eigenvalue weighted by atomic mass is 10.0. The highest BCUT2D eigenvalue weighted by Crippen LogP contribution is 2.08. The van der Waals surface area contributed by atoms with Crippen molar-refractivity contribution in [3.05, 3.63) is 35.4 Å². The molecular formula is C13H17N3O2. The summed E-state index contributed by atoms with van der Waals surface area (Å²) in [5.41, 5.74) is 1.71. The van der Waals surface area contributed by atoms with E-state index in [9.17, 15) is 4.79 Å². The van der Waals surface area contributed by atoms with Gasteiger partial charge in [-0.3, -0.25) is 0 Å². The molecule has 5 nitrogen and oxygen atoms in total. The maximum Gasteiger partial charge on any atom is 0.404 e. The van der Waals surface area contributed by atoms with E-state index >= 15 is 0 Å². The zero-order valence-electron chi connectivity index (χ0n) is 10.6. The SMILES string of the molecule is CN(C)C(CNC(=O)O)Cc1ccc(C#N)cc1. The largest absolute Gasteiger partial charge is 0.465 e. The van der Waals surface area contributed by atoms with Crippen LogP contribution in [0.5, 0.6) is 0 Å². The number of carbonyl (C=O) groups is 1. The van der Waals surface area contributed by atoms with Crippen molar-refractivity contribution < 1.29 is 9.90 Å². The molecule has 0 radical (unpaired) electrons. The van der Waals surface area contributed by atoms with E-state index in [-0.39, 0.29) is 6.04 Å². The first kappa shape index (κ1) is 14.0. The molecule has 1 aromatic rings. The number of rotatable bonds is 5. The van der Waals surface area contributed by atoms with Gasteiger partial charge < -0.3 is 15.3 Å². The van der Waals surface area contributed by atoms with Gasteiger partial charge in [-0.15, -0.1) is 0 Å². The van der Waals surface area contributed by atoms with Crippen LogP contribution >= 0.6 is 0 Å². The average molecular weight is 247 g/mol. The maximum absolute atomic E-state index is 10.5. The molecule has 1 unspecified atom stereocenters. The Morgan fingerprint density at radius 3 is 2.50 bits per heavy atom. The van der Waals surface area contributed by atoms with E-state index in [2.05, 4.69) is 11.4 Å². The number of likely N-dealkylation sites (N-methyl/N-ethyl adjacent to an activating group) is 1. The lowest BCUT2D eigenvalue weighted by Crippen LogP contribution is -2.41. The van der Waals surface area contributed by atoms with Crippen molar-refractivity contribution >= 4 is 6.09 Å². The Kier molecular flexibility index (Phi) is 5.15. The lowest BCUT2D eigenvalue weighted by Gasteiger charge is -2.24. The van der Waals surface area contributed by atoms with Crippen LogP contribution in [0, 0.1) is 11.3 Å². The average Bonchev–Trinajstić information content (AvgIpc) is 2.34. The Morgan fingerprint density at radius 1 is 1.44 bits per heavy atom. The van der Waals surface area contributed by atoms with E-state index in [4.69, 9.17) is 10.4 Å². The third-order valence-corrected chi connectivity index (χ3v) is 2.77. The van der Waals surface area contributed by atoms with Crippen LogP contribution in [0.2, 0.25) is 0 Å². The molecule has 0 saturated heterocycles. The summed E-state index contributed by atoms with van der Waals surface area (Å²) in [4.78, 5) is 12.5. The first-order valence-corrected chi connectivity index (χ1v) is 5.65. The number of nitriles is 1. The third kappa shape index (κ3) is 4.44. The molecule has 0 aliphatic heterocycles. The lowest BCUT2D eigenvalue weighted by molar-refractivity contribution is 0.188. The minimum atomic E-state index is -1.01. The third-order valence-electron chi connectivity index (χ3n) is 2.77. The second-order valence-corrected chi connectivity index (χ2v) is 4.32. The molecule has 0 bridgehead atoms. The zero-order valence-corrected chi connectivity index (χ0v) is 10.6. The van der Waals surface area contributed by atoms with Crippen LogP contribution in [0.25, 0.3) is 0 Å². The van der Waals surface area contributed by atoms with Gasteiger partial charge in [-0.05, 0) is 38.2 Å². The fourth-order valence-corrected chi connectivity index (χ4v) is 1.63. The van der Waals surface area contributed by atoms with E-state index in [0.29, 0.717) is 12.1 Å². The number of nitrogens with zero attached hydrogens (tertiary/aromatic N) is 2. The molecule has 0 saturated carbocycles. The Balaban J connectivity index is 2.65. The Hall–Kier alpha value is -2.06. The molecule has 0 fully saturated rings. The van der Waals surface area contributed by atoms with Gasteiger partial charge in [0.05, 0.1) is 11.6 Å². The fourth-order valence-electron chi connectivity index (χ4n) is 1.63. The van der Waals surface area contributed by atoms with Crippen molar-refractivity contribution in [1.29, 1.82) is 5.26 Å². The smallest absolute Gasteiger partial charge is 0.404 e. The molecule has 0 aliphatic rings. The molecule has 0 heterocycles. The summed E-state index contributed by atoms with van der Waals surface area (Å²) in [7, 11) is 3.83. The highest BCUT2D eigenvalue weighted by molar-refractivity contribution is 5.64. The molecule has 1 aromatic carbocycles. The van der Waals surface area contributed by atoms with Crippen LogP contribution in [-0.2, 0) is 6.42 Å². The van der Waals surface area contributed by atoms with E-state index in [1.807, 2.05) is 31.1 Å². The van der Waals surface area contributed by atoms with Gasteiger partial charge in [0, 0.05) is 12.6 Å². The standard InChI is InChI=1S/C13H17N3O2/c1-16(2)12(9-15-13(17)18)7-10-3-5-11(8-14)6-4-10/h3-6,12,15H,7,9H2,1-2H3,(H,17,18). The summed E-state index contributed by atoms with van der Waals surface area (Å²) in [5, 5.41) is 19.7. The number of benzene rings is 1. The molecule has 1 rings (SSSR count). The number of carboxylic acid groups (broad SMARTS) is 1. The van der Waals surface area contributed by atoms with Crippen LogP contribution in [0.4, 0.5) is 4.79 Å². The highest BCUT2D eigenvalue weighted by Gasteiger charge is 2.13. The van der Waals surface area contributed by atoms with Crippen molar-refractivity contribution in [3.8, 4) is 6.07 Å². The summed E-state index contributed by atoms with van der Waals surface area (Å²) in [5.74, 6) is 0. The first-order valence-electron chi connectivity index (χ1n) is 5.65. The second-order valence-electron chi connectivity index (χ2n) is 4.32.